The summed E-state index contributed by atoms with van der Waals surface area (Å²) in [5, 5.41) is 6.52. The molecule has 1 saturated heterocycles. The number of hydrogen-bond acceptors (Lipinski definition) is 2. The predicted octanol–water partition coefficient (Wildman–Crippen LogP) is 2.77. The van der Waals surface area contributed by atoms with Gasteiger partial charge in [-0.25, -0.2) is 0 Å². The molecule has 3 nitrogen and oxygen atoms in total. The number of hydrogen-bond donors (Lipinski definition) is 2. The lowest BCUT2D eigenvalue weighted by Gasteiger charge is -2.20. The first-order valence-electron chi connectivity index (χ1n) is 6.47. The molecular weight excluding hydrogens is 292 g/mol. The Bertz CT molecular complexity index is 405. The van der Waals surface area contributed by atoms with E-state index in [1.807, 2.05) is 0 Å². The lowest BCUT2D eigenvalue weighted by atomic mass is 10.0. The Morgan fingerprint density at radius 1 is 1.44 bits per heavy atom. The molecule has 1 aliphatic rings. The summed E-state index contributed by atoms with van der Waals surface area (Å²) in [4.78, 5) is 11.1. The third-order valence-corrected chi connectivity index (χ3v) is 3.90. The number of amides is 1. The molecular formula is C14H19BrN2O. The largest absolute Gasteiger partial charge is 0.352 e. The van der Waals surface area contributed by atoms with E-state index in [9.17, 15) is 4.79 Å². The van der Waals surface area contributed by atoms with Gasteiger partial charge in [-0.2, -0.15) is 0 Å². The van der Waals surface area contributed by atoms with Gasteiger partial charge in [0.15, 0.2) is 0 Å². The van der Waals surface area contributed by atoms with Crippen molar-refractivity contribution < 1.29 is 4.79 Å². The van der Waals surface area contributed by atoms with Crippen molar-refractivity contribution in [1.82, 2.24) is 10.6 Å². The molecule has 2 atom stereocenters. The van der Waals surface area contributed by atoms with Crippen LogP contribution in [-0.4, -0.2) is 18.5 Å². The standard InChI is InChI=1S/C14H19BrN2O/c1-2-13(10-3-5-11(15)6-4-10)16-9-12-7-8-14(18)17-12/h3-6,12-13,16H,2,7-9H2,1H3,(H,17,18). The highest BCUT2D eigenvalue weighted by molar-refractivity contribution is 9.10. The molecule has 2 unspecified atom stereocenters. The van der Waals surface area contributed by atoms with E-state index in [1.165, 1.54) is 5.56 Å². The van der Waals surface area contributed by atoms with Crippen LogP contribution in [0.1, 0.15) is 37.8 Å². The molecule has 1 aromatic carbocycles. The van der Waals surface area contributed by atoms with Crippen molar-refractivity contribution in [2.45, 2.75) is 38.3 Å². The lowest BCUT2D eigenvalue weighted by Crippen LogP contribution is -2.37. The molecule has 98 valence electrons. The maximum atomic E-state index is 11.1. The third-order valence-electron chi connectivity index (χ3n) is 3.38. The van der Waals surface area contributed by atoms with Crippen molar-refractivity contribution in [3.63, 3.8) is 0 Å². The first-order chi connectivity index (χ1) is 8.69. The highest BCUT2D eigenvalue weighted by Gasteiger charge is 2.21. The lowest BCUT2D eigenvalue weighted by molar-refractivity contribution is -0.119. The van der Waals surface area contributed by atoms with Crippen LogP contribution >= 0.6 is 15.9 Å². The monoisotopic (exact) mass is 310 g/mol. The molecule has 1 aliphatic heterocycles. The van der Waals surface area contributed by atoms with Gasteiger partial charge in [-0.15, -0.1) is 0 Å². The van der Waals surface area contributed by atoms with Gasteiger partial charge in [0.2, 0.25) is 5.91 Å². The van der Waals surface area contributed by atoms with E-state index in [2.05, 4.69) is 57.8 Å². The quantitative estimate of drug-likeness (QED) is 0.878. The zero-order chi connectivity index (χ0) is 13.0. The molecule has 2 N–H and O–H groups in total. The van der Waals surface area contributed by atoms with Crippen LogP contribution in [0.25, 0.3) is 0 Å². The van der Waals surface area contributed by atoms with E-state index in [0.717, 1.165) is 23.9 Å². The van der Waals surface area contributed by atoms with Crippen molar-refractivity contribution in [3.05, 3.63) is 34.3 Å². The second-order valence-corrected chi connectivity index (χ2v) is 5.64. The summed E-state index contributed by atoms with van der Waals surface area (Å²) >= 11 is 3.45. The minimum atomic E-state index is 0.179. The number of carbonyl (C=O) groups excluding carboxylic acids is 1. The van der Waals surface area contributed by atoms with Gasteiger partial charge in [0.25, 0.3) is 0 Å². The van der Waals surface area contributed by atoms with E-state index in [0.29, 0.717) is 18.5 Å². The van der Waals surface area contributed by atoms with Crippen molar-refractivity contribution >= 4 is 21.8 Å². The van der Waals surface area contributed by atoms with Crippen LogP contribution < -0.4 is 10.6 Å². The van der Waals surface area contributed by atoms with Gasteiger partial charge in [0.1, 0.15) is 0 Å². The Hall–Kier alpha value is -0.870. The third kappa shape index (κ3) is 3.56. The van der Waals surface area contributed by atoms with Crippen LogP contribution in [0.3, 0.4) is 0 Å². The molecule has 2 rings (SSSR count). The summed E-state index contributed by atoms with van der Waals surface area (Å²) in [7, 11) is 0. The van der Waals surface area contributed by atoms with Crippen molar-refractivity contribution in [1.29, 1.82) is 0 Å². The van der Waals surface area contributed by atoms with Gasteiger partial charge in [0.05, 0.1) is 0 Å². The Morgan fingerprint density at radius 3 is 2.72 bits per heavy atom. The second kappa shape index (κ2) is 6.34. The van der Waals surface area contributed by atoms with E-state index in [1.54, 1.807) is 0 Å². The summed E-state index contributed by atoms with van der Waals surface area (Å²) in [5.74, 6) is 0.179. The molecule has 4 heteroatoms. The fraction of sp³-hybridized carbons (Fsp3) is 0.500. The summed E-state index contributed by atoms with van der Waals surface area (Å²) < 4.78 is 1.10. The SMILES string of the molecule is CCC(NCC1CCC(=O)N1)c1ccc(Br)cc1. The first-order valence-corrected chi connectivity index (χ1v) is 7.26. The fourth-order valence-corrected chi connectivity index (χ4v) is 2.57. The normalized spacial score (nSPS) is 20.8. The van der Waals surface area contributed by atoms with Gasteiger partial charge >= 0.3 is 0 Å². The van der Waals surface area contributed by atoms with Crippen molar-refractivity contribution in [3.8, 4) is 0 Å². The second-order valence-electron chi connectivity index (χ2n) is 4.72. The molecule has 0 aromatic heterocycles. The van der Waals surface area contributed by atoms with Crippen LogP contribution in [0.15, 0.2) is 28.7 Å². The Labute approximate surface area is 116 Å². The van der Waals surface area contributed by atoms with Crippen LogP contribution in [0.5, 0.6) is 0 Å². The summed E-state index contributed by atoms with van der Waals surface area (Å²) in [6.45, 7) is 3.02. The van der Waals surface area contributed by atoms with Gasteiger partial charge < -0.3 is 10.6 Å². The molecule has 1 fully saturated rings. The molecule has 0 saturated carbocycles. The maximum Gasteiger partial charge on any atom is 0.220 e. The number of carbonyl (C=O) groups is 1. The minimum absolute atomic E-state index is 0.179. The molecule has 0 aliphatic carbocycles. The summed E-state index contributed by atoms with van der Waals surface area (Å²) in [6.07, 6.45) is 2.66. The minimum Gasteiger partial charge on any atom is -0.352 e. The van der Waals surface area contributed by atoms with E-state index in [-0.39, 0.29) is 5.91 Å². The van der Waals surface area contributed by atoms with Crippen molar-refractivity contribution in [2.24, 2.45) is 0 Å². The molecule has 1 heterocycles. The van der Waals surface area contributed by atoms with Crippen LogP contribution in [-0.2, 0) is 4.79 Å². The van der Waals surface area contributed by atoms with Crippen molar-refractivity contribution in [2.75, 3.05) is 6.54 Å². The summed E-state index contributed by atoms with van der Waals surface area (Å²) in [6, 6.07) is 9.06. The molecule has 0 bridgehead atoms. The van der Waals surface area contributed by atoms with E-state index >= 15 is 0 Å². The number of benzene rings is 1. The molecule has 0 radical (unpaired) electrons. The average Bonchev–Trinajstić information content (AvgIpc) is 2.78. The number of halogens is 1. The molecule has 18 heavy (non-hydrogen) atoms. The van der Waals surface area contributed by atoms with E-state index in [4.69, 9.17) is 0 Å². The van der Waals surface area contributed by atoms with Crippen LogP contribution in [0, 0.1) is 0 Å². The highest BCUT2D eigenvalue weighted by Crippen LogP contribution is 2.19. The van der Waals surface area contributed by atoms with Crippen LogP contribution in [0.4, 0.5) is 0 Å². The smallest absolute Gasteiger partial charge is 0.220 e. The molecule has 1 aromatic rings. The fourth-order valence-electron chi connectivity index (χ4n) is 2.31. The molecule has 1 amide bonds. The first kappa shape index (κ1) is 13.6. The maximum absolute atomic E-state index is 11.1. The average molecular weight is 311 g/mol. The summed E-state index contributed by atoms with van der Waals surface area (Å²) in [5.41, 5.74) is 1.30. The predicted molar refractivity (Wildman–Crippen MR) is 76.3 cm³/mol. The zero-order valence-corrected chi connectivity index (χ0v) is 12.2. The van der Waals surface area contributed by atoms with Gasteiger partial charge in [0, 0.05) is 29.5 Å². The van der Waals surface area contributed by atoms with E-state index < -0.39 is 0 Å². The topological polar surface area (TPSA) is 41.1 Å². The highest BCUT2D eigenvalue weighted by atomic mass is 79.9. The molecule has 0 spiro atoms. The zero-order valence-electron chi connectivity index (χ0n) is 10.6. The van der Waals surface area contributed by atoms with Gasteiger partial charge in [-0.1, -0.05) is 35.0 Å². The number of nitrogens with one attached hydrogen (secondary N) is 2. The Kier molecular flexibility index (Phi) is 4.78. The Balaban J connectivity index is 1.89. The Morgan fingerprint density at radius 2 is 2.17 bits per heavy atom. The number of rotatable bonds is 5. The van der Waals surface area contributed by atoms with Gasteiger partial charge in [-0.3, -0.25) is 4.79 Å². The van der Waals surface area contributed by atoms with Gasteiger partial charge in [-0.05, 0) is 30.5 Å². The van der Waals surface area contributed by atoms with Crippen LogP contribution in [0.2, 0.25) is 0 Å².